The first-order chi connectivity index (χ1) is 8.99. The highest BCUT2D eigenvalue weighted by Crippen LogP contribution is 1.99. The van der Waals surface area contributed by atoms with Crippen LogP contribution in [0.1, 0.15) is 6.42 Å². The predicted octanol–water partition coefficient (Wildman–Crippen LogP) is -1.97. The molecule has 19 heavy (non-hydrogen) atoms. The Kier molecular flexibility index (Phi) is 6.03. The third-order valence-electron chi connectivity index (χ3n) is 2.38. The number of carboxylic acids is 1. The topological polar surface area (TPSA) is 140 Å². The van der Waals surface area contributed by atoms with Crippen molar-refractivity contribution in [3.63, 3.8) is 0 Å². The fourth-order valence-corrected chi connectivity index (χ4v) is 1.47. The molecule has 0 bridgehead atoms. The number of urea groups is 1. The van der Waals surface area contributed by atoms with E-state index in [4.69, 9.17) is 20.3 Å². The number of nitrogens with two attached hydrogens (primary N) is 1. The second-order valence-corrected chi connectivity index (χ2v) is 3.98. The highest BCUT2D eigenvalue weighted by Gasteiger charge is 2.22. The first kappa shape index (κ1) is 15.2. The molecule has 108 valence electrons. The lowest BCUT2D eigenvalue weighted by Crippen LogP contribution is -2.50. The van der Waals surface area contributed by atoms with Gasteiger partial charge in [-0.3, -0.25) is 4.79 Å². The van der Waals surface area contributed by atoms with Crippen molar-refractivity contribution >= 4 is 17.9 Å². The lowest BCUT2D eigenvalue weighted by Gasteiger charge is -2.23. The van der Waals surface area contributed by atoms with E-state index in [-0.39, 0.29) is 12.6 Å². The van der Waals surface area contributed by atoms with Crippen molar-refractivity contribution in [3.05, 3.63) is 0 Å². The van der Waals surface area contributed by atoms with Crippen LogP contribution in [0.4, 0.5) is 4.79 Å². The Balaban J connectivity index is 2.31. The van der Waals surface area contributed by atoms with Crippen molar-refractivity contribution in [1.82, 2.24) is 10.6 Å². The summed E-state index contributed by atoms with van der Waals surface area (Å²) >= 11 is 0. The minimum atomic E-state index is -1.35. The first-order valence-corrected chi connectivity index (χ1v) is 5.74. The quantitative estimate of drug-likeness (QED) is 0.443. The Labute approximate surface area is 109 Å². The third kappa shape index (κ3) is 6.02. The summed E-state index contributed by atoms with van der Waals surface area (Å²) in [7, 11) is 0. The van der Waals surface area contributed by atoms with Crippen molar-refractivity contribution in [2.45, 2.75) is 18.6 Å². The van der Waals surface area contributed by atoms with Gasteiger partial charge >= 0.3 is 12.0 Å². The van der Waals surface area contributed by atoms with Gasteiger partial charge in [0.25, 0.3) is 0 Å². The van der Waals surface area contributed by atoms with Gasteiger partial charge in [-0.15, -0.1) is 0 Å². The summed E-state index contributed by atoms with van der Waals surface area (Å²) in [5.41, 5.74) is 4.89. The Morgan fingerprint density at radius 3 is 2.63 bits per heavy atom. The van der Waals surface area contributed by atoms with Gasteiger partial charge in [0.15, 0.2) is 0 Å². The number of primary amides is 1. The number of carbonyl (C=O) groups excluding carboxylic acids is 2. The van der Waals surface area contributed by atoms with Gasteiger partial charge < -0.3 is 30.9 Å². The summed E-state index contributed by atoms with van der Waals surface area (Å²) in [5.74, 6) is -2.14. The summed E-state index contributed by atoms with van der Waals surface area (Å²) in [6.07, 6.45) is -0.731. The van der Waals surface area contributed by atoms with E-state index < -0.39 is 30.4 Å². The first-order valence-electron chi connectivity index (χ1n) is 5.74. The molecular weight excluding hydrogens is 258 g/mol. The number of carbonyl (C=O) groups is 3. The molecule has 1 fully saturated rings. The van der Waals surface area contributed by atoms with Crippen molar-refractivity contribution in [1.29, 1.82) is 0 Å². The average molecular weight is 275 g/mol. The van der Waals surface area contributed by atoms with Crippen molar-refractivity contribution in [3.8, 4) is 0 Å². The third-order valence-corrected chi connectivity index (χ3v) is 2.38. The summed E-state index contributed by atoms with van der Waals surface area (Å²) in [6.45, 7) is 1.52. The molecule has 1 saturated heterocycles. The molecule has 0 aromatic rings. The van der Waals surface area contributed by atoms with Gasteiger partial charge in [-0.05, 0) is 0 Å². The van der Waals surface area contributed by atoms with E-state index in [9.17, 15) is 14.4 Å². The van der Waals surface area contributed by atoms with E-state index in [1.54, 1.807) is 0 Å². The van der Waals surface area contributed by atoms with E-state index in [0.29, 0.717) is 19.8 Å². The molecule has 0 saturated carbocycles. The average Bonchev–Trinajstić information content (AvgIpc) is 2.36. The normalized spacial score (nSPS) is 20.3. The van der Waals surface area contributed by atoms with Gasteiger partial charge in [-0.2, -0.15) is 0 Å². The van der Waals surface area contributed by atoms with E-state index in [1.807, 2.05) is 0 Å². The van der Waals surface area contributed by atoms with Crippen LogP contribution < -0.4 is 16.4 Å². The zero-order valence-corrected chi connectivity index (χ0v) is 10.3. The fraction of sp³-hybridized carbons (Fsp3) is 0.700. The van der Waals surface area contributed by atoms with Gasteiger partial charge in [0.2, 0.25) is 5.91 Å². The van der Waals surface area contributed by atoms with Crippen molar-refractivity contribution in [2.24, 2.45) is 5.73 Å². The molecular formula is C10H17N3O6. The van der Waals surface area contributed by atoms with Gasteiger partial charge in [0.05, 0.1) is 32.3 Å². The Bertz CT molecular complexity index is 342. The molecule has 9 heteroatoms. The van der Waals surface area contributed by atoms with E-state index >= 15 is 0 Å². The maximum absolute atomic E-state index is 11.4. The number of hydrogen-bond donors (Lipinski definition) is 4. The molecule has 0 aliphatic carbocycles. The van der Waals surface area contributed by atoms with E-state index in [0.717, 1.165) is 0 Å². The summed E-state index contributed by atoms with van der Waals surface area (Å²) < 4.78 is 10.4. The second-order valence-electron chi connectivity index (χ2n) is 3.98. The number of aliphatic carboxylic acids is 1. The monoisotopic (exact) mass is 275 g/mol. The van der Waals surface area contributed by atoms with Crippen LogP contribution in [-0.4, -0.2) is 61.5 Å². The highest BCUT2D eigenvalue weighted by atomic mass is 16.6. The van der Waals surface area contributed by atoms with Crippen molar-refractivity contribution < 1.29 is 29.0 Å². The van der Waals surface area contributed by atoms with E-state index in [2.05, 4.69) is 10.6 Å². The molecule has 0 aromatic carbocycles. The molecule has 1 rings (SSSR count). The van der Waals surface area contributed by atoms with Crippen LogP contribution in [0.2, 0.25) is 0 Å². The molecule has 0 spiro atoms. The summed E-state index contributed by atoms with van der Waals surface area (Å²) in [6, 6.07) is -2.05. The van der Waals surface area contributed by atoms with Crippen LogP contribution in [0.25, 0.3) is 0 Å². The summed E-state index contributed by atoms with van der Waals surface area (Å²) in [5, 5.41) is 13.4. The Hall–Kier alpha value is -1.87. The fourth-order valence-electron chi connectivity index (χ4n) is 1.47. The molecule has 1 aliphatic rings. The predicted molar refractivity (Wildman–Crippen MR) is 62.3 cm³/mol. The number of nitrogens with one attached hydrogen (secondary N) is 2. The smallest absolute Gasteiger partial charge is 0.326 e. The number of rotatable bonds is 6. The maximum atomic E-state index is 11.4. The number of hydrogen-bond acceptors (Lipinski definition) is 5. The van der Waals surface area contributed by atoms with Gasteiger partial charge in [0, 0.05) is 6.54 Å². The molecule has 9 nitrogen and oxygen atoms in total. The van der Waals surface area contributed by atoms with Crippen LogP contribution in [0, 0.1) is 0 Å². The molecule has 5 N–H and O–H groups in total. The Morgan fingerprint density at radius 1 is 1.37 bits per heavy atom. The minimum absolute atomic E-state index is 0.189. The standard InChI is InChI=1S/C10H17N3O6/c11-8(14)3-7(9(15)16)13-10(17)12-4-6-5-18-1-2-19-6/h6-7H,1-5H2,(H2,11,14)(H,15,16)(H2,12,13,17)/t6?,7-/m1/s1. The molecule has 3 amide bonds. The molecule has 1 unspecified atom stereocenters. The number of ether oxygens (including phenoxy) is 2. The largest absolute Gasteiger partial charge is 0.480 e. The van der Waals surface area contributed by atoms with Gasteiger partial charge in [0.1, 0.15) is 6.04 Å². The number of carboxylic acid groups (broad SMARTS) is 1. The SMILES string of the molecule is NC(=O)C[C@@H](NC(=O)NCC1COCCO1)C(=O)O. The highest BCUT2D eigenvalue weighted by molar-refractivity contribution is 5.87. The van der Waals surface area contributed by atoms with Crippen LogP contribution in [0.15, 0.2) is 0 Å². The zero-order chi connectivity index (χ0) is 14.3. The lowest BCUT2D eigenvalue weighted by molar-refractivity contribution is -0.140. The zero-order valence-electron chi connectivity index (χ0n) is 10.3. The second kappa shape index (κ2) is 7.54. The minimum Gasteiger partial charge on any atom is -0.480 e. The maximum Gasteiger partial charge on any atom is 0.326 e. The molecule has 2 atom stereocenters. The van der Waals surface area contributed by atoms with Crippen LogP contribution in [0.5, 0.6) is 0 Å². The molecule has 1 heterocycles. The van der Waals surface area contributed by atoms with Gasteiger partial charge in [-0.25, -0.2) is 9.59 Å². The van der Waals surface area contributed by atoms with E-state index in [1.165, 1.54) is 0 Å². The molecule has 0 aromatic heterocycles. The summed E-state index contributed by atoms with van der Waals surface area (Å²) in [4.78, 5) is 32.9. The molecule has 1 aliphatic heterocycles. The van der Waals surface area contributed by atoms with Crippen LogP contribution >= 0.6 is 0 Å². The van der Waals surface area contributed by atoms with Gasteiger partial charge in [-0.1, -0.05) is 0 Å². The van der Waals surface area contributed by atoms with Crippen LogP contribution in [0.3, 0.4) is 0 Å². The van der Waals surface area contributed by atoms with Crippen molar-refractivity contribution in [2.75, 3.05) is 26.4 Å². The van der Waals surface area contributed by atoms with Crippen LogP contribution in [-0.2, 0) is 19.1 Å². The molecule has 0 radical (unpaired) electrons. The lowest BCUT2D eigenvalue weighted by atomic mass is 10.2. The number of amides is 3. The Morgan fingerprint density at radius 2 is 2.11 bits per heavy atom.